The van der Waals surface area contributed by atoms with Crippen molar-refractivity contribution in [3.63, 3.8) is 0 Å². The molecule has 0 bridgehead atoms. The number of aromatic nitrogens is 2. The number of hydrogen-bond donors (Lipinski definition) is 0. The van der Waals surface area contributed by atoms with Crippen LogP contribution in [-0.4, -0.2) is 9.13 Å². The molecule has 0 aliphatic carbocycles. The Hall–Kier alpha value is -6.38. The fraction of sp³-hybridized carbons (Fsp3) is 0. The van der Waals surface area contributed by atoms with Crippen molar-refractivity contribution in [2.45, 2.75) is 0 Å². The minimum atomic E-state index is 1.16. The molecule has 48 heavy (non-hydrogen) atoms. The molecule has 0 saturated carbocycles. The molecule has 0 spiro atoms. The fourth-order valence-corrected chi connectivity index (χ4v) is 7.74. The number of para-hydroxylation sites is 1. The molecule has 0 saturated heterocycles. The molecule has 0 radical (unpaired) electrons. The first kappa shape index (κ1) is 26.8. The summed E-state index contributed by atoms with van der Waals surface area (Å²) in [5, 5.41) is 7.60. The third-order valence-electron chi connectivity index (χ3n) is 9.92. The van der Waals surface area contributed by atoms with Crippen molar-refractivity contribution < 1.29 is 0 Å². The van der Waals surface area contributed by atoms with E-state index in [0.717, 1.165) is 11.4 Å². The normalized spacial score (nSPS) is 11.8. The summed E-state index contributed by atoms with van der Waals surface area (Å²) in [6, 6.07) is 66.1. The quantitative estimate of drug-likeness (QED) is 0.188. The molecule has 0 unspecified atom stereocenters. The van der Waals surface area contributed by atoms with Crippen LogP contribution in [0.5, 0.6) is 0 Å². The summed E-state index contributed by atoms with van der Waals surface area (Å²) >= 11 is 0. The van der Waals surface area contributed by atoms with Crippen molar-refractivity contribution in [3.8, 4) is 33.6 Å². The van der Waals surface area contributed by atoms with Gasteiger partial charge in [-0.3, -0.25) is 0 Å². The Kier molecular flexibility index (Phi) is 5.91. The Labute approximate surface area is 278 Å². The second kappa shape index (κ2) is 10.6. The van der Waals surface area contributed by atoms with E-state index in [1.165, 1.54) is 76.6 Å². The molecule has 2 aromatic heterocycles. The first-order valence-electron chi connectivity index (χ1n) is 16.5. The molecular weight excluding hydrogens is 581 g/mol. The van der Waals surface area contributed by atoms with Crippen LogP contribution in [0.1, 0.15) is 0 Å². The monoisotopic (exact) mass is 610 g/mol. The van der Waals surface area contributed by atoms with Gasteiger partial charge in [0, 0.05) is 38.3 Å². The summed E-state index contributed by atoms with van der Waals surface area (Å²) < 4.78 is 4.90. The van der Waals surface area contributed by atoms with Gasteiger partial charge in [0.2, 0.25) is 0 Å². The number of hydrogen-bond acceptors (Lipinski definition) is 0. The molecule has 0 fully saturated rings. The smallest absolute Gasteiger partial charge is 0.0619 e. The summed E-state index contributed by atoms with van der Waals surface area (Å²) in [5.74, 6) is 0. The predicted octanol–water partition coefficient (Wildman–Crippen LogP) is 12.4. The number of rotatable bonds is 4. The highest BCUT2D eigenvalue weighted by Crippen LogP contribution is 2.44. The molecule has 0 amide bonds. The lowest BCUT2D eigenvalue weighted by molar-refractivity contribution is 1.17. The lowest BCUT2D eigenvalue weighted by Gasteiger charge is -2.11. The van der Waals surface area contributed by atoms with Crippen molar-refractivity contribution >= 4 is 54.4 Å². The predicted molar refractivity (Wildman–Crippen MR) is 203 cm³/mol. The van der Waals surface area contributed by atoms with Gasteiger partial charge in [-0.05, 0) is 70.1 Å². The third kappa shape index (κ3) is 4.00. The van der Waals surface area contributed by atoms with Gasteiger partial charge in [-0.1, -0.05) is 140 Å². The third-order valence-corrected chi connectivity index (χ3v) is 9.92. The maximum Gasteiger partial charge on any atom is 0.0619 e. The van der Waals surface area contributed by atoms with E-state index in [9.17, 15) is 0 Å². The van der Waals surface area contributed by atoms with E-state index in [4.69, 9.17) is 0 Å². The van der Waals surface area contributed by atoms with Gasteiger partial charge in [0.1, 0.15) is 0 Å². The Morgan fingerprint density at radius 2 is 0.750 bits per heavy atom. The first-order chi connectivity index (χ1) is 23.8. The largest absolute Gasteiger partial charge is 0.309 e. The molecule has 10 rings (SSSR count). The summed E-state index contributed by atoms with van der Waals surface area (Å²) in [5.41, 5.74) is 12.1. The van der Waals surface area contributed by atoms with Gasteiger partial charge >= 0.3 is 0 Å². The van der Waals surface area contributed by atoms with Crippen molar-refractivity contribution in [2.24, 2.45) is 0 Å². The Bertz CT molecular complexity index is 2780. The van der Waals surface area contributed by atoms with Gasteiger partial charge in [-0.15, -0.1) is 0 Å². The minimum Gasteiger partial charge on any atom is -0.309 e. The number of nitrogens with zero attached hydrogens (tertiary/aromatic N) is 2. The summed E-state index contributed by atoms with van der Waals surface area (Å²) in [7, 11) is 0. The molecule has 2 heterocycles. The average molecular weight is 611 g/mol. The summed E-state index contributed by atoms with van der Waals surface area (Å²) in [6.07, 6.45) is 0. The molecule has 0 N–H and O–H groups in total. The molecular formula is C46H30N2. The highest BCUT2D eigenvalue weighted by Gasteiger charge is 2.21. The Balaban J connectivity index is 1.27. The van der Waals surface area contributed by atoms with Crippen LogP contribution in [0.3, 0.4) is 0 Å². The SMILES string of the molecule is c1ccc(-c2ccc(-n3c4ccccc4c4c5c6ccc7ccccc7c6n(-c6ccc(-c7ccccc7)cc6)c5ccc43)cc2)cc1. The van der Waals surface area contributed by atoms with Gasteiger partial charge in [-0.25, -0.2) is 0 Å². The van der Waals surface area contributed by atoms with E-state index in [-0.39, 0.29) is 0 Å². The molecule has 0 aliphatic rings. The molecule has 0 aliphatic heterocycles. The van der Waals surface area contributed by atoms with Crippen molar-refractivity contribution in [3.05, 3.63) is 182 Å². The Morgan fingerprint density at radius 1 is 0.271 bits per heavy atom. The van der Waals surface area contributed by atoms with Crippen LogP contribution < -0.4 is 0 Å². The van der Waals surface area contributed by atoms with Crippen LogP contribution in [0.25, 0.3) is 88.0 Å². The topological polar surface area (TPSA) is 9.86 Å². The van der Waals surface area contributed by atoms with Gasteiger partial charge in [0.15, 0.2) is 0 Å². The lowest BCUT2D eigenvalue weighted by atomic mass is 10.0. The molecule has 2 nitrogen and oxygen atoms in total. The van der Waals surface area contributed by atoms with E-state index >= 15 is 0 Å². The van der Waals surface area contributed by atoms with Gasteiger partial charge in [0.25, 0.3) is 0 Å². The summed E-state index contributed by atoms with van der Waals surface area (Å²) in [6.45, 7) is 0. The Morgan fingerprint density at radius 3 is 1.40 bits per heavy atom. The zero-order chi connectivity index (χ0) is 31.6. The highest BCUT2D eigenvalue weighted by atomic mass is 15.0. The van der Waals surface area contributed by atoms with E-state index in [0.29, 0.717) is 0 Å². The van der Waals surface area contributed by atoms with Gasteiger partial charge < -0.3 is 9.13 Å². The standard InChI is InChI=1S/C46H30N2/c1-3-11-31(12-4-1)33-19-24-36(25-20-33)47-41-18-10-9-17-39(41)44-42(47)29-30-43-45(44)40-28-23-35-15-7-8-16-38(35)46(40)48(43)37-26-21-34(22-27-37)32-13-5-2-6-14-32/h1-30H. The van der Waals surface area contributed by atoms with Crippen molar-refractivity contribution in [1.29, 1.82) is 0 Å². The van der Waals surface area contributed by atoms with Crippen LogP contribution in [0.15, 0.2) is 182 Å². The second-order valence-corrected chi connectivity index (χ2v) is 12.6. The first-order valence-corrected chi connectivity index (χ1v) is 16.5. The number of fused-ring (bicyclic) bond motifs is 9. The van der Waals surface area contributed by atoms with Crippen LogP contribution in [0, 0.1) is 0 Å². The molecule has 0 atom stereocenters. The zero-order valence-electron chi connectivity index (χ0n) is 26.2. The number of benzene rings is 8. The lowest BCUT2D eigenvalue weighted by Crippen LogP contribution is -1.95. The second-order valence-electron chi connectivity index (χ2n) is 12.6. The molecule has 2 heteroatoms. The minimum absolute atomic E-state index is 1.16. The van der Waals surface area contributed by atoms with E-state index < -0.39 is 0 Å². The van der Waals surface area contributed by atoms with Gasteiger partial charge in [0.05, 0.1) is 22.1 Å². The highest BCUT2D eigenvalue weighted by molar-refractivity contribution is 6.31. The molecule has 224 valence electrons. The maximum absolute atomic E-state index is 2.47. The van der Waals surface area contributed by atoms with E-state index in [1.807, 2.05) is 0 Å². The maximum atomic E-state index is 2.47. The fourth-order valence-electron chi connectivity index (χ4n) is 7.74. The van der Waals surface area contributed by atoms with E-state index in [2.05, 4.69) is 191 Å². The summed E-state index contributed by atoms with van der Waals surface area (Å²) in [4.78, 5) is 0. The molecule has 10 aromatic rings. The van der Waals surface area contributed by atoms with Crippen LogP contribution in [-0.2, 0) is 0 Å². The van der Waals surface area contributed by atoms with E-state index in [1.54, 1.807) is 0 Å². The van der Waals surface area contributed by atoms with Crippen molar-refractivity contribution in [1.82, 2.24) is 9.13 Å². The van der Waals surface area contributed by atoms with Crippen LogP contribution >= 0.6 is 0 Å². The van der Waals surface area contributed by atoms with Gasteiger partial charge in [-0.2, -0.15) is 0 Å². The zero-order valence-corrected chi connectivity index (χ0v) is 26.2. The van der Waals surface area contributed by atoms with Crippen molar-refractivity contribution in [2.75, 3.05) is 0 Å². The van der Waals surface area contributed by atoms with Crippen LogP contribution in [0.4, 0.5) is 0 Å². The average Bonchev–Trinajstić information content (AvgIpc) is 3.69. The molecule has 8 aromatic carbocycles. The van der Waals surface area contributed by atoms with Crippen LogP contribution in [0.2, 0.25) is 0 Å².